The average Bonchev–Trinajstić information content (AvgIpc) is 2.83. The monoisotopic (exact) mass is 419 g/mol. The van der Waals surface area contributed by atoms with E-state index in [1.165, 1.54) is 0 Å². The molecule has 1 saturated heterocycles. The molecule has 1 aromatic heterocycles. The highest BCUT2D eigenvalue weighted by Gasteiger charge is 2.29. The van der Waals surface area contributed by atoms with E-state index in [9.17, 15) is 14.7 Å². The van der Waals surface area contributed by atoms with Crippen molar-refractivity contribution < 1.29 is 14.7 Å². The molecule has 160 valence electrons. The van der Waals surface area contributed by atoms with E-state index in [0.29, 0.717) is 32.1 Å². The molecule has 1 aliphatic rings. The van der Waals surface area contributed by atoms with Crippen LogP contribution in [0.4, 0.5) is 5.95 Å². The van der Waals surface area contributed by atoms with E-state index in [4.69, 9.17) is 0 Å². The fourth-order valence-corrected chi connectivity index (χ4v) is 3.85. The standard InChI is InChI=1S/C23H25N5O3/c29-16-20(22(31)27-11-13-28(14-12-27)23-24-9-4-10-25-23)26-21(30)15-18-7-3-6-17-5-1-2-8-19(17)18/h1-10,20,29H,11-16H2,(H,26,30)/t20-/m0/s1. The Morgan fingerprint density at radius 3 is 2.42 bits per heavy atom. The van der Waals surface area contributed by atoms with Crippen LogP contribution in [0.1, 0.15) is 5.56 Å². The molecule has 2 N–H and O–H groups in total. The molecule has 8 nitrogen and oxygen atoms in total. The van der Waals surface area contributed by atoms with E-state index in [1.54, 1.807) is 23.4 Å². The molecule has 0 aliphatic carbocycles. The third kappa shape index (κ3) is 4.80. The van der Waals surface area contributed by atoms with Crippen LogP contribution in [0.25, 0.3) is 10.8 Å². The van der Waals surface area contributed by atoms with Gasteiger partial charge in [0.15, 0.2) is 0 Å². The molecule has 8 heteroatoms. The first kappa shape index (κ1) is 20.7. The highest BCUT2D eigenvalue weighted by atomic mass is 16.3. The van der Waals surface area contributed by atoms with Crippen LogP contribution < -0.4 is 10.2 Å². The van der Waals surface area contributed by atoms with Crippen molar-refractivity contribution in [3.63, 3.8) is 0 Å². The summed E-state index contributed by atoms with van der Waals surface area (Å²) in [7, 11) is 0. The van der Waals surface area contributed by atoms with Crippen LogP contribution in [0, 0.1) is 0 Å². The minimum Gasteiger partial charge on any atom is -0.394 e. The number of carbonyl (C=O) groups excluding carboxylic acids is 2. The van der Waals surface area contributed by atoms with Crippen LogP contribution in [-0.2, 0) is 16.0 Å². The zero-order valence-corrected chi connectivity index (χ0v) is 17.1. The van der Waals surface area contributed by atoms with Crippen LogP contribution in [0.5, 0.6) is 0 Å². The number of hydrogen-bond acceptors (Lipinski definition) is 6. The third-order valence-electron chi connectivity index (χ3n) is 5.47. The smallest absolute Gasteiger partial charge is 0.247 e. The molecule has 4 rings (SSSR count). The third-order valence-corrected chi connectivity index (χ3v) is 5.47. The SMILES string of the molecule is O=C(Cc1cccc2ccccc12)N[C@@H](CO)C(=O)N1CCN(c2ncccn2)CC1. The quantitative estimate of drug-likeness (QED) is 0.619. The maximum atomic E-state index is 12.9. The van der Waals surface area contributed by atoms with Crippen LogP contribution in [0.3, 0.4) is 0 Å². The first-order valence-corrected chi connectivity index (χ1v) is 10.3. The minimum absolute atomic E-state index is 0.143. The molecule has 0 unspecified atom stereocenters. The number of aliphatic hydroxyl groups is 1. The number of amides is 2. The van der Waals surface area contributed by atoms with E-state index >= 15 is 0 Å². The lowest BCUT2D eigenvalue weighted by Crippen LogP contribution is -2.56. The molecule has 2 amide bonds. The summed E-state index contributed by atoms with van der Waals surface area (Å²) in [4.78, 5) is 37.7. The lowest BCUT2D eigenvalue weighted by Gasteiger charge is -2.36. The van der Waals surface area contributed by atoms with Gasteiger partial charge in [0.2, 0.25) is 17.8 Å². The molecular weight excluding hydrogens is 394 g/mol. The normalized spacial score (nSPS) is 15.0. The van der Waals surface area contributed by atoms with Crippen LogP contribution in [-0.4, -0.2) is 70.6 Å². The Bertz CT molecular complexity index is 1050. The Morgan fingerprint density at radius 2 is 1.68 bits per heavy atom. The van der Waals surface area contributed by atoms with Crippen molar-refractivity contribution in [2.75, 3.05) is 37.7 Å². The summed E-state index contributed by atoms with van der Waals surface area (Å²) in [5.74, 6) is 0.0687. The van der Waals surface area contributed by atoms with E-state index in [2.05, 4.69) is 15.3 Å². The number of fused-ring (bicyclic) bond motifs is 1. The predicted molar refractivity (Wildman–Crippen MR) is 117 cm³/mol. The van der Waals surface area contributed by atoms with Gasteiger partial charge in [0.05, 0.1) is 13.0 Å². The Labute approximate surface area is 180 Å². The largest absolute Gasteiger partial charge is 0.394 e. The van der Waals surface area contributed by atoms with Gasteiger partial charge in [0.25, 0.3) is 0 Å². The lowest BCUT2D eigenvalue weighted by molar-refractivity contribution is -0.137. The maximum absolute atomic E-state index is 12.9. The van der Waals surface area contributed by atoms with E-state index in [-0.39, 0.29) is 18.2 Å². The molecule has 2 aromatic carbocycles. The summed E-state index contributed by atoms with van der Waals surface area (Å²) in [6.45, 7) is 1.71. The molecule has 1 atom stereocenters. The van der Waals surface area contributed by atoms with Crippen molar-refractivity contribution in [1.29, 1.82) is 0 Å². The van der Waals surface area contributed by atoms with Crippen molar-refractivity contribution in [3.8, 4) is 0 Å². The summed E-state index contributed by atoms with van der Waals surface area (Å²) in [6, 6.07) is 14.5. The van der Waals surface area contributed by atoms with Crippen molar-refractivity contribution >= 4 is 28.5 Å². The van der Waals surface area contributed by atoms with Crippen LogP contribution >= 0.6 is 0 Å². The Balaban J connectivity index is 1.35. The summed E-state index contributed by atoms with van der Waals surface area (Å²) in [5, 5.41) is 14.5. The van der Waals surface area contributed by atoms with Crippen LogP contribution in [0.15, 0.2) is 60.9 Å². The summed E-state index contributed by atoms with van der Waals surface area (Å²) in [5.41, 5.74) is 0.885. The van der Waals surface area contributed by atoms with Gasteiger partial charge < -0.3 is 20.2 Å². The number of nitrogens with one attached hydrogen (secondary N) is 1. The van der Waals surface area contributed by atoms with Gasteiger partial charge in [0.1, 0.15) is 6.04 Å². The fourth-order valence-electron chi connectivity index (χ4n) is 3.85. The molecule has 3 aromatic rings. The number of nitrogens with zero attached hydrogens (tertiary/aromatic N) is 4. The summed E-state index contributed by atoms with van der Waals surface area (Å²) in [6.07, 6.45) is 3.52. The van der Waals surface area contributed by atoms with Crippen molar-refractivity contribution in [1.82, 2.24) is 20.2 Å². The zero-order valence-electron chi connectivity index (χ0n) is 17.1. The average molecular weight is 419 g/mol. The van der Waals surface area contributed by atoms with Gasteiger partial charge in [-0.3, -0.25) is 9.59 Å². The number of aliphatic hydroxyl groups excluding tert-OH is 1. The number of rotatable bonds is 6. The van der Waals surface area contributed by atoms with Gasteiger partial charge in [-0.05, 0) is 22.4 Å². The first-order valence-electron chi connectivity index (χ1n) is 10.3. The number of anilines is 1. The van der Waals surface area contributed by atoms with Gasteiger partial charge in [-0.25, -0.2) is 9.97 Å². The Hall–Kier alpha value is -3.52. The van der Waals surface area contributed by atoms with Gasteiger partial charge >= 0.3 is 0 Å². The topological polar surface area (TPSA) is 98.7 Å². The highest BCUT2D eigenvalue weighted by Crippen LogP contribution is 2.19. The second kappa shape index (κ2) is 9.53. The molecular formula is C23H25N5O3. The number of aromatic nitrogens is 2. The molecule has 0 saturated carbocycles. The minimum atomic E-state index is -0.956. The van der Waals surface area contributed by atoms with Gasteiger partial charge in [-0.2, -0.15) is 0 Å². The number of piperazine rings is 1. The molecule has 0 spiro atoms. The van der Waals surface area contributed by atoms with Crippen molar-refractivity contribution in [2.24, 2.45) is 0 Å². The van der Waals surface area contributed by atoms with E-state index in [1.807, 2.05) is 47.4 Å². The fraction of sp³-hybridized carbons (Fsp3) is 0.304. The van der Waals surface area contributed by atoms with Crippen molar-refractivity contribution in [3.05, 3.63) is 66.5 Å². The van der Waals surface area contributed by atoms with Crippen LogP contribution in [0.2, 0.25) is 0 Å². The maximum Gasteiger partial charge on any atom is 0.247 e. The Morgan fingerprint density at radius 1 is 0.968 bits per heavy atom. The van der Waals surface area contributed by atoms with E-state index < -0.39 is 12.6 Å². The molecule has 1 fully saturated rings. The molecule has 31 heavy (non-hydrogen) atoms. The predicted octanol–water partition coefficient (Wildman–Crippen LogP) is 0.998. The number of carbonyl (C=O) groups is 2. The second-order valence-corrected chi connectivity index (χ2v) is 7.48. The highest BCUT2D eigenvalue weighted by molar-refractivity contribution is 5.92. The summed E-state index contributed by atoms with van der Waals surface area (Å²) >= 11 is 0. The number of hydrogen-bond donors (Lipinski definition) is 2. The van der Waals surface area contributed by atoms with Gasteiger partial charge in [0, 0.05) is 38.6 Å². The van der Waals surface area contributed by atoms with E-state index in [0.717, 1.165) is 16.3 Å². The lowest BCUT2D eigenvalue weighted by atomic mass is 10.0. The number of benzene rings is 2. The van der Waals surface area contributed by atoms with Crippen molar-refractivity contribution in [2.45, 2.75) is 12.5 Å². The van der Waals surface area contributed by atoms with Gasteiger partial charge in [-0.15, -0.1) is 0 Å². The van der Waals surface area contributed by atoms with Gasteiger partial charge in [-0.1, -0.05) is 42.5 Å². The zero-order chi connectivity index (χ0) is 21.6. The molecule has 0 bridgehead atoms. The Kier molecular flexibility index (Phi) is 6.37. The first-order chi connectivity index (χ1) is 15.2. The second-order valence-electron chi connectivity index (χ2n) is 7.48. The molecule has 1 aliphatic heterocycles. The molecule has 0 radical (unpaired) electrons. The summed E-state index contributed by atoms with van der Waals surface area (Å²) < 4.78 is 0. The molecule has 2 heterocycles.